The van der Waals surface area contributed by atoms with Gasteiger partial charge in [-0.15, -0.1) is 0 Å². The molecule has 4 heterocycles. The molecule has 0 radical (unpaired) electrons. The molecule has 1 atom stereocenters. The second-order valence-corrected chi connectivity index (χ2v) is 8.33. The van der Waals surface area contributed by atoms with Gasteiger partial charge < -0.3 is 5.32 Å². The Labute approximate surface area is 201 Å². The number of nitrogens with zero attached hydrogens (tertiary/aromatic N) is 6. The van der Waals surface area contributed by atoms with Crippen LogP contribution in [0.2, 0.25) is 0 Å². The van der Waals surface area contributed by atoms with E-state index in [9.17, 15) is 22.8 Å². The summed E-state index contributed by atoms with van der Waals surface area (Å²) in [6.45, 7) is 2.07. The van der Waals surface area contributed by atoms with Crippen molar-refractivity contribution in [3.8, 4) is 16.9 Å². The van der Waals surface area contributed by atoms with E-state index in [1.54, 1.807) is 72.6 Å². The molecular formula is C24H20F3N7O2. The highest BCUT2D eigenvalue weighted by Gasteiger charge is 2.37. The molecule has 1 aromatic carbocycles. The molecule has 9 nitrogen and oxygen atoms in total. The van der Waals surface area contributed by atoms with Gasteiger partial charge in [-0.05, 0) is 43.7 Å². The molecule has 4 aromatic heterocycles. The number of para-hydroxylation sites is 1. The normalized spacial score (nSPS) is 12.8. The number of nitrogens with one attached hydrogen (secondary N) is 1. The first-order valence-corrected chi connectivity index (χ1v) is 11.0. The Kier molecular flexibility index (Phi) is 5.58. The molecule has 0 saturated carbocycles. The molecule has 1 N–H and O–H groups in total. The molecule has 5 rings (SSSR count). The van der Waals surface area contributed by atoms with Gasteiger partial charge in [-0.3, -0.25) is 9.36 Å². The van der Waals surface area contributed by atoms with Gasteiger partial charge in [-0.25, -0.2) is 23.8 Å². The highest BCUT2D eigenvalue weighted by Crippen LogP contribution is 2.25. The highest BCUT2D eigenvalue weighted by atomic mass is 19.4. The molecule has 1 amide bonds. The summed E-state index contributed by atoms with van der Waals surface area (Å²) in [5.41, 5.74) is 3.22. The van der Waals surface area contributed by atoms with Crippen molar-refractivity contribution in [2.45, 2.75) is 32.6 Å². The van der Waals surface area contributed by atoms with Crippen molar-refractivity contribution in [1.82, 2.24) is 34.0 Å². The number of aryl methyl sites for hydroxylation is 1. The summed E-state index contributed by atoms with van der Waals surface area (Å²) >= 11 is 0. The minimum atomic E-state index is -4.59. The summed E-state index contributed by atoms with van der Waals surface area (Å²) in [6, 6.07) is 8.31. The number of pyridine rings is 1. The van der Waals surface area contributed by atoms with Gasteiger partial charge in [0.1, 0.15) is 18.4 Å². The van der Waals surface area contributed by atoms with Crippen molar-refractivity contribution in [3.05, 3.63) is 77.2 Å². The molecule has 12 heteroatoms. The molecule has 184 valence electrons. The lowest BCUT2D eigenvalue weighted by molar-refractivity contribution is -0.158. The number of rotatable bonds is 5. The fourth-order valence-electron chi connectivity index (χ4n) is 4.06. The first-order valence-electron chi connectivity index (χ1n) is 11.0. The Hall–Kier alpha value is -4.48. The third-order valence-corrected chi connectivity index (χ3v) is 5.89. The van der Waals surface area contributed by atoms with Crippen LogP contribution in [0.3, 0.4) is 0 Å². The first kappa shape index (κ1) is 23.3. The molecule has 0 aliphatic carbocycles. The second kappa shape index (κ2) is 8.63. The average Bonchev–Trinajstić information content (AvgIpc) is 3.39. The van der Waals surface area contributed by atoms with Gasteiger partial charge in [0.05, 0.1) is 17.2 Å². The molecule has 36 heavy (non-hydrogen) atoms. The minimum absolute atomic E-state index is 0.301. The van der Waals surface area contributed by atoms with Crippen LogP contribution in [0.5, 0.6) is 0 Å². The van der Waals surface area contributed by atoms with E-state index in [1.165, 1.54) is 4.57 Å². The van der Waals surface area contributed by atoms with Crippen molar-refractivity contribution in [1.29, 1.82) is 0 Å². The number of carbonyl (C=O) groups is 1. The number of halogens is 3. The van der Waals surface area contributed by atoms with Crippen LogP contribution in [0.15, 0.2) is 66.0 Å². The van der Waals surface area contributed by atoms with Crippen LogP contribution in [0.25, 0.3) is 33.6 Å². The summed E-state index contributed by atoms with van der Waals surface area (Å²) in [5, 5.41) is 6.17. The third kappa shape index (κ3) is 4.00. The summed E-state index contributed by atoms with van der Waals surface area (Å²) in [7, 11) is 0. The van der Waals surface area contributed by atoms with Gasteiger partial charge in [0.25, 0.3) is 0 Å². The van der Waals surface area contributed by atoms with Crippen molar-refractivity contribution in [3.63, 3.8) is 0 Å². The van der Waals surface area contributed by atoms with Crippen LogP contribution in [-0.4, -0.2) is 46.8 Å². The van der Waals surface area contributed by atoms with Gasteiger partial charge in [-0.1, -0.05) is 12.1 Å². The predicted octanol–water partition coefficient (Wildman–Crippen LogP) is 3.27. The van der Waals surface area contributed by atoms with E-state index < -0.39 is 30.4 Å². The fraction of sp³-hybridized carbons (Fsp3) is 0.208. The fourth-order valence-corrected chi connectivity index (χ4v) is 4.06. The Balaban J connectivity index is 1.55. The molecule has 0 unspecified atom stereocenters. The summed E-state index contributed by atoms with van der Waals surface area (Å²) < 4.78 is 42.8. The lowest BCUT2D eigenvalue weighted by Crippen LogP contribution is -2.45. The molecule has 0 aliphatic rings. The van der Waals surface area contributed by atoms with E-state index in [-0.39, 0.29) is 0 Å². The van der Waals surface area contributed by atoms with Crippen molar-refractivity contribution in [2.75, 3.05) is 0 Å². The first-order chi connectivity index (χ1) is 17.1. The molecule has 0 spiro atoms. The number of benzene rings is 1. The molecule has 5 aromatic rings. The largest absolute Gasteiger partial charge is 0.408 e. The van der Waals surface area contributed by atoms with Crippen LogP contribution >= 0.6 is 0 Å². The molecule has 0 saturated heterocycles. The number of hydrogen-bond acceptors (Lipinski definition) is 5. The summed E-state index contributed by atoms with van der Waals surface area (Å²) in [6.07, 6.45) is 2.10. The van der Waals surface area contributed by atoms with E-state index >= 15 is 0 Å². The summed E-state index contributed by atoms with van der Waals surface area (Å²) in [5.74, 6) is -0.623. The van der Waals surface area contributed by atoms with Gasteiger partial charge in [0.15, 0.2) is 5.65 Å². The van der Waals surface area contributed by atoms with E-state index in [2.05, 4.69) is 15.1 Å². The Morgan fingerprint density at radius 2 is 1.92 bits per heavy atom. The Morgan fingerprint density at radius 1 is 1.11 bits per heavy atom. The number of fused-ring (bicyclic) bond motifs is 2. The van der Waals surface area contributed by atoms with Crippen molar-refractivity contribution in [2.24, 2.45) is 0 Å². The Morgan fingerprint density at radius 3 is 2.64 bits per heavy atom. The van der Waals surface area contributed by atoms with Gasteiger partial charge in [-0.2, -0.15) is 18.3 Å². The standard InChI is InChI=1S/C24H20F3N7O2/c1-14-5-3-6-18-21(14)34(23(36)32(18)13-20(35)31-15(2)24(25,26)27)19-8-7-16(11-29-19)17-12-30-33-10-4-9-28-22(17)33/h3-12,15H,13H2,1-2H3,(H,31,35)/t15-/m0/s1. The van der Waals surface area contributed by atoms with Crippen LogP contribution in [0, 0.1) is 6.92 Å². The highest BCUT2D eigenvalue weighted by molar-refractivity contribution is 5.84. The van der Waals surface area contributed by atoms with Crippen molar-refractivity contribution < 1.29 is 18.0 Å². The molecular weight excluding hydrogens is 475 g/mol. The van der Waals surface area contributed by atoms with Crippen LogP contribution in [-0.2, 0) is 11.3 Å². The zero-order valence-electron chi connectivity index (χ0n) is 19.2. The zero-order valence-corrected chi connectivity index (χ0v) is 19.2. The number of imidazole rings is 1. The Bertz CT molecular complexity index is 1650. The van der Waals surface area contributed by atoms with E-state index in [1.807, 2.05) is 5.32 Å². The average molecular weight is 495 g/mol. The number of hydrogen-bond donors (Lipinski definition) is 1. The van der Waals surface area contributed by atoms with Gasteiger partial charge in [0, 0.05) is 29.7 Å². The minimum Gasteiger partial charge on any atom is -0.343 e. The lowest BCUT2D eigenvalue weighted by Gasteiger charge is -2.17. The molecule has 0 bridgehead atoms. The lowest BCUT2D eigenvalue weighted by atomic mass is 10.1. The number of amides is 1. The van der Waals surface area contributed by atoms with Crippen LogP contribution in [0.4, 0.5) is 13.2 Å². The van der Waals surface area contributed by atoms with E-state index in [0.29, 0.717) is 22.5 Å². The monoisotopic (exact) mass is 495 g/mol. The maximum absolute atomic E-state index is 13.4. The number of alkyl halides is 3. The smallest absolute Gasteiger partial charge is 0.343 e. The van der Waals surface area contributed by atoms with Crippen LogP contribution < -0.4 is 11.0 Å². The van der Waals surface area contributed by atoms with E-state index in [4.69, 9.17) is 0 Å². The zero-order chi connectivity index (χ0) is 25.6. The second-order valence-electron chi connectivity index (χ2n) is 8.33. The summed E-state index contributed by atoms with van der Waals surface area (Å²) in [4.78, 5) is 34.6. The maximum atomic E-state index is 13.4. The third-order valence-electron chi connectivity index (χ3n) is 5.89. The van der Waals surface area contributed by atoms with Crippen molar-refractivity contribution >= 4 is 22.6 Å². The molecule has 0 fully saturated rings. The van der Waals surface area contributed by atoms with Crippen LogP contribution in [0.1, 0.15) is 12.5 Å². The maximum Gasteiger partial charge on any atom is 0.408 e. The van der Waals surface area contributed by atoms with Gasteiger partial charge >= 0.3 is 11.9 Å². The van der Waals surface area contributed by atoms with Gasteiger partial charge in [0.2, 0.25) is 5.91 Å². The topological polar surface area (TPSA) is 99.1 Å². The SMILES string of the molecule is Cc1cccc2c1n(-c1ccc(-c3cnn4cccnc34)cn1)c(=O)n2CC(=O)N[C@@H](C)C(F)(F)F. The van der Waals surface area contributed by atoms with E-state index in [0.717, 1.165) is 28.2 Å². The number of aromatic nitrogens is 6. The molecule has 0 aliphatic heterocycles. The number of carbonyl (C=O) groups excluding carboxylic acids is 1. The quantitative estimate of drug-likeness (QED) is 0.404. The predicted molar refractivity (Wildman–Crippen MR) is 126 cm³/mol.